The van der Waals surface area contributed by atoms with Crippen LogP contribution in [0.2, 0.25) is 0 Å². The van der Waals surface area contributed by atoms with Crippen LogP contribution in [0.15, 0.2) is 91.0 Å². The summed E-state index contributed by atoms with van der Waals surface area (Å²) in [6, 6.07) is 23.7. The summed E-state index contributed by atoms with van der Waals surface area (Å²) in [5.41, 5.74) is 0.518. The summed E-state index contributed by atoms with van der Waals surface area (Å²) >= 11 is 0. The summed E-state index contributed by atoms with van der Waals surface area (Å²) in [6.07, 6.45) is -8.87. The lowest BCUT2D eigenvalue weighted by Gasteiger charge is -2.40. The summed E-state index contributed by atoms with van der Waals surface area (Å²) in [6.45, 7) is -0.579. The fourth-order valence-electron chi connectivity index (χ4n) is 3.62. The highest BCUT2D eigenvalue weighted by Gasteiger charge is 2.51. The third-order valence-electron chi connectivity index (χ3n) is 5.48. The number of aliphatic hydroxyl groups is 1. The molecular formula is C27H23FO8. The van der Waals surface area contributed by atoms with Crippen LogP contribution in [-0.4, -0.2) is 60.4 Å². The van der Waals surface area contributed by atoms with Crippen molar-refractivity contribution >= 4 is 17.9 Å². The van der Waals surface area contributed by atoms with Crippen LogP contribution in [-0.2, 0) is 18.9 Å². The Hall–Kier alpha value is -4.08. The number of rotatable bonds is 7. The van der Waals surface area contributed by atoms with E-state index in [1.807, 2.05) is 0 Å². The van der Waals surface area contributed by atoms with Gasteiger partial charge in [-0.1, -0.05) is 54.6 Å². The molecule has 0 spiro atoms. The summed E-state index contributed by atoms with van der Waals surface area (Å²) in [5, 5.41) is 10.6. The lowest BCUT2D eigenvalue weighted by Crippen LogP contribution is -2.60. The molecule has 36 heavy (non-hydrogen) atoms. The average molecular weight is 494 g/mol. The van der Waals surface area contributed by atoms with Gasteiger partial charge in [-0.15, -0.1) is 0 Å². The first-order valence-electron chi connectivity index (χ1n) is 11.2. The van der Waals surface area contributed by atoms with Crippen molar-refractivity contribution < 1.29 is 42.8 Å². The van der Waals surface area contributed by atoms with Gasteiger partial charge in [0.2, 0.25) is 0 Å². The molecule has 1 fully saturated rings. The summed E-state index contributed by atoms with van der Waals surface area (Å²) in [5.74, 6) is -2.49. The Bertz CT molecular complexity index is 1170. The standard InChI is InChI=1S/C27H23FO8/c28-21-20(16-33-24(29)17-10-4-1-5-11-17)34-27(32)23(36-26(31)19-14-8-3-9-15-19)22(21)35-25(30)18-12-6-2-7-13-18/h1-15,20-23,27,32H,16H2/t20-,21-,22+,23-,27+/m1/s1. The molecule has 1 N–H and O–H groups in total. The second-order valence-electron chi connectivity index (χ2n) is 7.95. The van der Waals surface area contributed by atoms with Gasteiger partial charge in [0, 0.05) is 0 Å². The molecule has 0 aliphatic carbocycles. The van der Waals surface area contributed by atoms with Gasteiger partial charge in [0.15, 0.2) is 24.7 Å². The van der Waals surface area contributed by atoms with Gasteiger partial charge in [0.1, 0.15) is 12.7 Å². The zero-order valence-corrected chi connectivity index (χ0v) is 18.9. The molecule has 8 nitrogen and oxygen atoms in total. The van der Waals surface area contributed by atoms with E-state index in [1.165, 1.54) is 36.4 Å². The number of aliphatic hydroxyl groups excluding tert-OH is 1. The number of hydrogen-bond acceptors (Lipinski definition) is 8. The molecule has 0 bridgehead atoms. The summed E-state index contributed by atoms with van der Waals surface area (Å²) < 4.78 is 36.7. The minimum atomic E-state index is -2.10. The molecule has 0 radical (unpaired) electrons. The zero-order chi connectivity index (χ0) is 25.5. The van der Waals surface area contributed by atoms with Crippen molar-refractivity contribution in [1.29, 1.82) is 0 Å². The predicted octanol–water partition coefficient (Wildman–Crippen LogP) is 3.35. The molecular weight excluding hydrogens is 471 g/mol. The fourth-order valence-corrected chi connectivity index (χ4v) is 3.62. The van der Waals surface area contributed by atoms with Gasteiger partial charge < -0.3 is 24.1 Å². The van der Waals surface area contributed by atoms with E-state index in [1.54, 1.807) is 54.6 Å². The third kappa shape index (κ3) is 5.94. The first-order valence-corrected chi connectivity index (χ1v) is 11.2. The molecule has 1 saturated heterocycles. The topological polar surface area (TPSA) is 108 Å². The van der Waals surface area contributed by atoms with Crippen LogP contribution in [0.1, 0.15) is 31.1 Å². The largest absolute Gasteiger partial charge is 0.459 e. The van der Waals surface area contributed by atoms with Gasteiger partial charge in [-0.3, -0.25) is 0 Å². The maximum atomic E-state index is 15.6. The van der Waals surface area contributed by atoms with E-state index < -0.39 is 55.3 Å². The number of benzene rings is 3. The van der Waals surface area contributed by atoms with Crippen LogP contribution < -0.4 is 0 Å². The van der Waals surface area contributed by atoms with Gasteiger partial charge in [0.05, 0.1) is 16.7 Å². The highest BCUT2D eigenvalue weighted by molar-refractivity contribution is 5.90. The van der Waals surface area contributed by atoms with E-state index in [9.17, 15) is 19.5 Å². The maximum absolute atomic E-state index is 15.6. The Morgan fingerprint density at radius 2 is 1.11 bits per heavy atom. The minimum absolute atomic E-state index is 0.130. The first-order chi connectivity index (χ1) is 17.4. The van der Waals surface area contributed by atoms with Crippen molar-refractivity contribution in [3.63, 3.8) is 0 Å². The van der Waals surface area contributed by atoms with Gasteiger partial charge >= 0.3 is 17.9 Å². The van der Waals surface area contributed by atoms with E-state index in [0.29, 0.717) is 0 Å². The number of carbonyl (C=O) groups excluding carboxylic acids is 3. The third-order valence-corrected chi connectivity index (χ3v) is 5.48. The number of carbonyl (C=O) groups is 3. The second kappa shape index (κ2) is 11.6. The van der Waals surface area contributed by atoms with E-state index in [4.69, 9.17) is 18.9 Å². The van der Waals surface area contributed by atoms with E-state index in [2.05, 4.69) is 0 Å². The minimum Gasteiger partial charge on any atom is -0.459 e. The average Bonchev–Trinajstić information content (AvgIpc) is 2.92. The van der Waals surface area contributed by atoms with Crippen molar-refractivity contribution in [3.8, 4) is 0 Å². The predicted molar refractivity (Wildman–Crippen MR) is 124 cm³/mol. The lowest BCUT2D eigenvalue weighted by molar-refractivity contribution is -0.273. The van der Waals surface area contributed by atoms with Crippen LogP contribution in [0.5, 0.6) is 0 Å². The molecule has 0 aromatic heterocycles. The van der Waals surface area contributed by atoms with Gasteiger partial charge in [0.25, 0.3) is 0 Å². The molecule has 3 aromatic carbocycles. The van der Waals surface area contributed by atoms with E-state index >= 15 is 4.39 Å². The highest BCUT2D eigenvalue weighted by Crippen LogP contribution is 2.29. The van der Waals surface area contributed by atoms with Crippen LogP contribution >= 0.6 is 0 Å². The van der Waals surface area contributed by atoms with Crippen molar-refractivity contribution in [3.05, 3.63) is 108 Å². The molecule has 4 rings (SSSR count). The summed E-state index contributed by atoms with van der Waals surface area (Å²) in [7, 11) is 0. The van der Waals surface area contributed by atoms with Gasteiger partial charge in [-0.05, 0) is 36.4 Å². The van der Waals surface area contributed by atoms with Crippen LogP contribution in [0.25, 0.3) is 0 Å². The Balaban J connectivity index is 1.52. The number of ether oxygens (including phenoxy) is 4. The van der Waals surface area contributed by atoms with Crippen molar-refractivity contribution in [1.82, 2.24) is 0 Å². The van der Waals surface area contributed by atoms with Gasteiger partial charge in [-0.2, -0.15) is 0 Å². The SMILES string of the molecule is O=C(OC[C@H]1O[C@H](O)[C@H](OC(=O)c2ccccc2)[C@@H](OC(=O)c2ccccc2)[C@@H]1F)c1ccccc1. The molecule has 1 heterocycles. The van der Waals surface area contributed by atoms with Crippen LogP contribution in [0, 0.1) is 0 Å². The molecule has 9 heteroatoms. The zero-order valence-electron chi connectivity index (χ0n) is 18.9. The normalized spacial score (nSPS) is 23.3. The molecule has 0 saturated carbocycles. The summed E-state index contributed by atoms with van der Waals surface area (Å²) in [4.78, 5) is 37.6. The van der Waals surface area contributed by atoms with Gasteiger partial charge in [-0.25, -0.2) is 18.8 Å². The molecule has 1 aliphatic rings. The highest BCUT2D eigenvalue weighted by atomic mass is 19.1. The Morgan fingerprint density at radius 3 is 1.58 bits per heavy atom. The molecule has 0 amide bonds. The number of alkyl halides is 1. The first kappa shape index (κ1) is 25.0. The van der Waals surface area contributed by atoms with E-state index in [0.717, 1.165) is 0 Å². The molecule has 5 atom stereocenters. The van der Waals surface area contributed by atoms with Crippen molar-refractivity contribution in [2.75, 3.05) is 6.61 Å². The fraction of sp³-hybridized carbons (Fsp3) is 0.222. The quantitative estimate of drug-likeness (QED) is 0.394. The molecule has 186 valence electrons. The number of hydrogen-bond donors (Lipinski definition) is 1. The second-order valence-corrected chi connectivity index (χ2v) is 7.95. The molecule has 3 aromatic rings. The Kier molecular flexibility index (Phi) is 8.04. The van der Waals surface area contributed by atoms with Crippen molar-refractivity contribution in [2.45, 2.75) is 30.8 Å². The number of halogens is 1. The number of esters is 3. The van der Waals surface area contributed by atoms with E-state index in [-0.39, 0.29) is 16.7 Å². The Labute approximate surface area is 206 Å². The molecule has 0 unspecified atom stereocenters. The molecule has 1 aliphatic heterocycles. The smallest absolute Gasteiger partial charge is 0.338 e. The monoisotopic (exact) mass is 494 g/mol. The lowest BCUT2D eigenvalue weighted by atomic mass is 9.99. The maximum Gasteiger partial charge on any atom is 0.338 e. The van der Waals surface area contributed by atoms with Crippen molar-refractivity contribution in [2.24, 2.45) is 0 Å². The Morgan fingerprint density at radius 1 is 0.694 bits per heavy atom. The van der Waals surface area contributed by atoms with Crippen LogP contribution in [0.3, 0.4) is 0 Å². The van der Waals surface area contributed by atoms with Crippen LogP contribution in [0.4, 0.5) is 4.39 Å².